The second-order valence-electron chi connectivity index (χ2n) is 4.88. The van der Waals surface area contributed by atoms with Gasteiger partial charge >= 0.3 is 0 Å². The minimum atomic E-state index is 0.458. The van der Waals surface area contributed by atoms with E-state index in [0.717, 1.165) is 19.5 Å². The molecular weight excluding hydrogens is 174 g/mol. The molecule has 0 radical (unpaired) electrons. The molecule has 1 spiro atoms. The summed E-state index contributed by atoms with van der Waals surface area (Å²) in [5.41, 5.74) is 5.97. The summed E-state index contributed by atoms with van der Waals surface area (Å²) in [6, 6.07) is 0.657. The summed E-state index contributed by atoms with van der Waals surface area (Å²) in [6.07, 6.45) is 7.91. The maximum atomic E-state index is 5.51. The Morgan fingerprint density at radius 2 is 2.07 bits per heavy atom. The fourth-order valence-corrected chi connectivity index (χ4v) is 2.79. The van der Waals surface area contributed by atoms with Crippen molar-refractivity contribution in [3.8, 4) is 0 Å². The maximum absolute atomic E-state index is 5.51. The van der Waals surface area contributed by atoms with Crippen molar-refractivity contribution >= 4 is 0 Å². The van der Waals surface area contributed by atoms with Crippen LogP contribution in [0.4, 0.5) is 0 Å². The topological polar surface area (TPSA) is 50.1 Å². The molecule has 0 aromatic heterocycles. The zero-order chi connectivity index (χ0) is 9.86. The third-order valence-corrected chi connectivity index (χ3v) is 3.77. The van der Waals surface area contributed by atoms with Gasteiger partial charge in [-0.05, 0) is 32.2 Å². The largest absolute Gasteiger partial charge is 0.330 e. The van der Waals surface area contributed by atoms with Crippen LogP contribution in [0.2, 0.25) is 0 Å². The molecule has 3 nitrogen and oxygen atoms in total. The highest BCUT2D eigenvalue weighted by atomic mass is 15.1. The van der Waals surface area contributed by atoms with Crippen molar-refractivity contribution in [1.29, 1.82) is 0 Å². The van der Waals surface area contributed by atoms with Crippen molar-refractivity contribution in [2.75, 3.05) is 19.6 Å². The lowest BCUT2D eigenvalue weighted by Crippen LogP contribution is -2.61. The third-order valence-electron chi connectivity index (χ3n) is 3.77. The highest BCUT2D eigenvalue weighted by molar-refractivity contribution is 4.99. The summed E-state index contributed by atoms with van der Waals surface area (Å²) in [5, 5.41) is 7.42. The molecule has 4 N–H and O–H groups in total. The lowest BCUT2D eigenvalue weighted by atomic mass is 9.93. The highest BCUT2D eigenvalue weighted by Crippen LogP contribution is 2.30. The average Bonchev–Trinajstić information content (AvgIpc) is 2.66. The Hall–Kier alpha value is -0.120. The minimum Gasteiger partial charge on any atom is -0.330 e. The molecule has 3 heteroatoms. The molecule has 1 saturated heterocycles. The van der Waals surface area contributed by atoms with E-state index < -0.39 is 0 Å². The van der Waals surface area contributed by atoms with Crippen LogP contribution < -0.4 is 16.4 Å². The molecule has 82 valence electrons. The van der Waals surface area contributed by atoms with Crippen molar-refractivity contribution in [2.24, 2.45) is 5.73 Å². The van der Waals surface area contributed by atoms with Crippen molar-refractivity contribution < 1.29 is 0 Å². The predicted octanol–water partition coefficient (Wildman–Crippen LogP) is 0.599. The van der Waals surface area contributed by atoms with Gasteiger partial charge in [0.25, 0.3) is 0 Å². The predicted molar refractivity (Wildman–Crippen MR) is 59.3 cm³/mol. The third kappa shape index (κ3) is 2.27. The van der Waals surface area contributed by atoms with Gasteiger partial charge < -0.3 is 16.4 Å². The summed E-state index contributed by atoms with van der Waals surface area (Å²) >= 11 is 0. The first-order chi connectivity index (χ1) is 6.85. The Morgan fingerprint density at radius 1 is 1.29 bits per heavy atom. The van der Waals surface area contributed by atoms with E-state index in [9.17, 15) is 0 Å². The monoisotopic (exact) mass is 197 g/mol. The molecule has 0 unspecified atom stereocenters. The highest BCUT2D eigenvalue weighted by Gasteiger charge is 2.36. The van der Waals surface area contributed by atoms with Crippen LogP contribution in [0, 0.1) is 0 Å². The van der Waals surface area contributed by atoms with Crippen molar-refractivity contribution in [2.45, 2.75) is 50.1 Å². The van der Waals surface area contributed by atoms with Gasteiger partial charge in [-0.2, -0.15) is 0 Å². The van der Waals surface area contributed by atoms with E-state index in [1.54, 1.807) is 0 Å². The number of hydrogen-bond acceptors (Lipinski definition) is 3. The Bertz CT molecular complexity index is 165. The zero-order valence-electron chi connectivity index (χ0n) is 9.02. The van der Waals surface area contributed by atoms with Crippen LogP contribution in [-0.4, -0.2) is 31.2 Å². The fourth-order valence-electron chi connectivity index (χ4n) is 2.79. The number of rotatable bonds is 3. The molecule has 2 aliphatic rings. The van der Waals surface area contributed by atoms with Crippen LogP contribution in [0.1, 0.15) is 38.5 Å². The van der Waals surface area contributed by atoms with Gasteiger partial charge in [-0.1, -0.05) is 12.8 Å². The van der Waals surface area contributed by atoms with Crippen molar-refractivity contribution in [3.63, 3.8) is 0 Å². The Labute approximate surface area is 86.8 Å². The summed E-state index contributed by atoms with van der Waals surface area (Å²) in [6.45, 7) is 3.13. The van der Waals surface area contributed by atoms with E-state index in [2.05, 4.69) is 10.6 Å². The standard InChI is InChI=1S/C11H23N3/c12-7-3-4-10-8-14-11(9-13-10)5-1-2-6-11/h10,13-14H,1-9,12H2/t10-/m0/s1. The van der Waals surface area contributed by atoms with E-state index in [1.165, 1.54) is 38.6 Å². The van der Waals surface area contributed by atoms with Crippen LogP contribution in [-0.2, 0) is 0 Å². The number of nitrogens with two attached hydrogens (primary N) is 1. The molecule has 0 aromatic rings. The molecule has 2 rings (SSSR count). The maximum Gasteiger partial charge on any atom is 0.0307 e. The minimum absolute atomic E-state index is 0.458. The summed E-state index contributed by atoms with van der Waals surface area (Å²) in [4.78, 5) is 0. The van der Waals surface area contributed by atoms with Crippen molar-refractivity contribution in [1.82, 2.24) is 10.6 Å². The van der Waals surface area contributed by atoms with Crippen LogP contribution in [0.15, 0.2) is 0 Å². The van der Waals surface area contributed by atoms with E-state index >= 15 is 0 Å². The first-order valence-electron chi connectivity index (χ1n) is 6.03. The van der Waals surface area contributed by atoms with E-state index in [0.29, 0.717) is 11.6 Å². The Morgan fingerprint density at radius 3 is 2.64 bits per heavy atom. The second-order valence-corrected chi connectivity index (χ2v) is 4.88. The lowest BCUT2D eigenvalue weighted by molar-refractivity contribution is 0.231. The molecule has 1 atom stereocenters. The van der Waals surface area contributed by atoms with Gasteiger partial charge in [-0.15, -0.1) is 0 Å². The molecule has 0 aromatic carbocycles. The Kier molecular flexibility index (Phi) is 3.42. The molecule has 1 heterocycles. The summed E-state index contributed by atoms with van der Waals surface area (Å²) < 4.78 is 0. The van der Waals surface area contributed by atoms with E-state index in [-0.39, 0.29) is 0 Å². The molecule has 0 amide bonds. The van der Waals surface area contributed by atoms with Gasteiger partial charge in [0.1, 0.15) is 0 Å². The molecule has 1 aliphatic carbocycles. The van der Waals surface area contributed by atoms with Crippen LogP contribution in [0.5, 0.6) is 0 Å². The van der Waals surface area contributed by atoms with Gasteiger partial charge in [0.2, 0.25) is 0 Å². The summed E-state index contributed by atoms with van der Waals surface area (Å²) in [5.74, 6) is 0. The quantitative estimate of drug-likeness (QED) is 0.621. The zero-order valence-corrected chi connectivity index (χ0v) is 9.02. The molecule has 1 saturated carbocycles. The van der Waals surface area contributed by atoms with Gasteiger partial charge in [-0.3, -0.25) is 0 Å². The van der Waals surface area contributed by atoms with Crippen molar-refractivity contribution in [3.05, 3.63) is 0 Å². The first-order valence-corrected chi connectivity index (χ1v) is 6.03. The number of nitrogens with one attached hydrogen (secondary N) is 2. The van der Waals surface area contributed by atoms with Crippen LogP contribution in [0.25, 0.3) is 0 Å². The van der Waals surface area contributed by atoms with E-state index in [1.807, 2.05) is 0 Å². The SMILES string of the molecule is NCCC[C@H]1CNC2(CCCC2)CN1. The number of piperazine rings is 1. The van der Waals surface area contributed by atoms with Gasteiger partial charge in [0.15, 0.2) is 0 Å². The average molecular weight is 197 g/mol. The van der Waals surface area contributed by atoms with E-state index in [4.69, 9.17) is 5.73 Å². The Balaban J connectivity index is 1.74. The summed E-state index contributed by atoms with van der Waals surface area (Å²) in [7, 11) is 0. The normalized spacial score (nSPS) is 31.1. The molecule has 1 aliphatic heterocycles. The second kappa shape index (κ2) is 4.60. The lowest BCUT2D eigenvalue weighted by Gasteiger charge is -2.39. The molecule has 2 fully saturated rings. The van der Waals surface area contributed by atoms with Crippen LogP contribution >= 0.6 is 0 Å². The number of hydrogen-bond donors (Lipinski definition) is 3. The van der Waals surface area contributed by atoms with Gasteiger partial charge in [0, 0.05) is 24.7 Å². The molecular formula is C11H23N3. The first kappa shape index (κ1) is 10.4. The van der Waals surface area contributed by atoms with Gasteiger partial charge in [-0.25, -0.2) is 0 Å². The fraction of sp³-hybridized carbons (Fsp3) is 1.00. The smallest absolute Gasteiger partial charge is 0.0307 e. The van der Waals surface area contributed by atoms with Gasteiger partial charge in [0.05, 0.1) is 0 Å². The molecule has 14 heavy (non-hydrogen) atoms. The molecule has 0 bridgehead atoms. The van der Waals surface area contributed by atoms with Crippen LogP contribution in [0.3, 0.4) is 0 Å².